The van der Waals surface area contributed by atoms with Crippen molar-refractivity contribution >= 4 is 5.91 Å². The Bertz CT molecular complexity index is 438. The zero-order valence-corrected chi connectivity index (χ0v) is 13.5. The molecule has 1 unspecified atom stereocenters. The van der Waals surface area contributed by atoms with Crippen molar-refractivity contribution in [2.24, 2.45) is 5.92 Å². The normalized spacial score (nSPS) is 13.8. The first kappa shape index (κ1) is 17.5. The number of ether oxygens (including phenoxy) is 1. The molecule has 21 heavy (non-hydrogen) atoms. The second-order valence-electron chi connectivity index (χ2n) is 6.16. The molecule has 1 amide bonds. The van der Waals surface area contributed by atoms with Crippen LogP contribution in [0.5, 0.6) is 5.75 Å². The van der Waals surface area contributed by atoms with Gasteiger partial charge in [0.25, 0.3) is 5.91 Å². The number of hydrogen-bond donors (Lipinski definition) is 2. The third-order valence-electron chi connectivity index (χ3n) is 3.12. The van der Waals surface area contributed by atoms with Gasteiger partial charge >= 0.3 is 0 Å². The number of carbonyl (C=O) groups excluding carboxylic acids is 1. The van der Waals surface area contributed by atoms with E-state index >= 15 is 0 Å². The highest BCUT2D eigenvalue weighted by atomic mass is 16.5. The van der Waals surface area contributed by atoms with Crippen LogP contribution in [0, 0.1) is 5.92 Å². The first-order valence-electron chi connectivity index (χ1n) is 7.57. The van der Waals surface area contributed by atoms with Gasteiger partial charge in [-0.2, -0.15) is 0 Å². The van der Waals surface area contributed by atoms with Gasteiger partial charge in [0, 0.05) is 12.1 Å². The van der Waals surface area contributed by atoms with Crippen molar-refractivity contribution < 1.29 is 14.6 Å². The summed E-state index contributed by atoms with van der Waals surface area (Å²) in [5.74, 6) is 1.05. The molecule has 4 nitrogen and oxygen atoms in total. The van der Waals surface area contributed by atoms with Crippen LogP contribution in [0.2, 0.25) is 0 Å². The first-order chi connectivity index (χ1) is 9.84. The molecule has 0 aliphatic heterocycles. The highest BCUT2D eigenvalue weighted by molar-refractivity contribution is 5.94. The van der Waals surface area contributed by atoms with E-state index in [2.05, 4.69) is 19.2 Å². The molecule has 1 rings (SSSR count). The highest BCUT2D eigenvalue weighted by Crippen LogP contribution is 2.14. The maximum absolute atomic E-state index is 12.0. The van der Waals surface area contributed by atoms with Gasteiger partial charge in [-0.25, -0.2) is 0 Å². The molecule has 0 spiro atoms. The minimum atomic E-state index is -0.856. The SMILES string of the molecule is CCCC(C)(O)CNC(=O)c1ccc(OCC(C)C)cc1. The molecule has 0 saturated heterocycles. The number of carbonyl (C=O) groups is 1. The minimum absolute atomic E-state index is 0.179. The van der Waals surface area contributed by atoms with E-state index in [1.807, 2.05) is 6.92 Å². The van der Waals surface area contributed by atoms with Crippen LogP contribution in [0.1, 0.15) is 50.9 Å². The Balaban J connectivity index is 2.51. The average molecular weight is 293 g/mol. The van der Waals surface area contributed by atoms with Gasteiger partial charge in [0.05, 0.1) is 12.2 Å². The van der Waals surface area contributed by atoms with Gasteiger partial charge in [0.2, 0.25) is 0 Å². The quantitative estimate of drug-likeness (QED) is 0.774. The summed E-state index contributed by atoms with van der Waals surface area (Å²) in [5, 5.41) is 12.8. The van der Waals surface area contributed by atoms with Crippen molar-refractivity contribution in [1.29, 1.82) is 0 Å². The number of nitrogens with one attached hydrogen (secondary N) is 1. The fourth-order valence-electron chi connectivity index (χ4n) is 1.97. The highest BCUT2D eigenvalue weighted by Gasteiger charge is 2.20. The summed E-state index contributed by atoms with van der Waals surface area (Å²) in [6, 6.07) is 7.06. The summed E-state index contributed by atoms with van der Waals surface area (Å²) in [5.41, 5.74) is -0.288. The smallest absolute Gasteiger partial charge is 0.251 e. The molecule has 0 bridgehead atoms. The van der Waals surface area contributed by atoms with Crippen LogP contribution < -0.4 is 10.1 Å². The van der Waals surface area contributed by atoms with Crippen LogP contribution in [-0.4, -0.2) is 29.8 Å². The van der Waals surface area contributed by atoms with E-state index in [-0.39, 0.29) is 12.5 Å². The second-order valence-corrected chi connectivity index (χ2v) is 6.16. The predicted molar refractivity (Wildman–Crippen MR) is 84.6 cm³/mol. The van der Waals surface area contributed by atoms with E-state index in [0.29, 0.717) is 24.5 Å². The van der Waals surface area contributed by atoms with Crippen LogP contribution >= 0.6 is 0 Å². The Kier molecular flexibility index (Phi) is 6.69. The van der Waals surface area contributed by atoms with Gasteiger partial charge in [-0.05, 0) is 43.5 Å². The lowest BCUT2D eigenvalue weighted by Gasteiger charge is -2.22. The lowest BCUT2D eigenvalue weighted by atomic mass is 10.0. The van der Waals surface area contributed by atoms with Crippen LogP contribution in [0.15, 0.2) is 24.3 Å². The number of aliphatic hydroxyl groups is 1. The lowest BCUT2D eigenvalue weighted by Crippen LogP contribution is -2.40. The summed E-state index contributed by atoms with van der Waals surface area (Å²) in [6.07, 6.45) is 1.54. The van der Waals surface area contributed by atoms with Gasteiger partial charge in [-0.1, -0.05) is 27.2 Å². The standard InChI is InChI=1S/C17H27NO3/c1-5-10-17(4,20)12-18-16(19)14-6-8-15(9-7-14)21-11-13(2)3/h6-9,13,20H,5,10-12H2,1-4H3,(H,18,19). The van der Waals surface area contributed by atoms with Crippen LogP contribution in [-0.2, 0) is 0 Å². The van der Waals surface area contributed by atoms with E-state index in [1.54, 1.807) is 31.2 Å². The Labute approximate surface area is 127 Å². The molecule has 1 aromatic rings. The molecular formula is C17H27NO3. The summed E-state index contributed by atoms with van der Waals surface area (Å²) >= 11 is 0. The molecule has 0 aliphatic rings. The maximum atomic E-state index is 12.0. The molecule has 118 valence electrons. The molecule has 1 aromatic carbocycles. The molecule has 0 aliphatic carbocycles. The molecule has 0 saturated carbocycles. The molecule has 0 fully saturated rings. The molecule has 0 heterocycles. The number of rotatable bonds is 8. The Morgan fingerprint density at radius 1 is 1.33 bits per heavy atom. The molecule has 1 atom stereocenters. The van der Waals surface area contributed by atoms with E-state index in [1.165, 1.54) is 0 Å². The summed E-state index contributed by atoms with van der Waals surface area (Å²) in [7, 11) is 0. The van der Waals surface area contributed by atoms with Gasteiger partial charge in [-0.3, -0.25) is 4.79 Å². The zero-order valence-electron chi connectivity index (χ0n) is 13.5. The van der Waals surface area contributed by atoms with Crippen LogP contribution in [0.25, 0.3) is 0 Å². The topological polar surface area (TPSA) is 58.6 Å². The lowest BCUT2D eigenvalue weighted by molar-refractivity contribution is 0.0469. The van der Waals surface area contributed by atoms with Crippen LogP contribution in [0.4, 0.5) is 0 Å². The molecule has 4 heteroatoms. The second kappa shape index (κ2) is 8.03. The summed E-state index contributed by atoms with van der Waals surface area (Å²) in [4.78, 5) is 12.0. The van der Waals surface area contributed by atoms with Crippen molar-refractivity contribution in [3.8, 4) is 5.75 Å². The summed E-state index contributed by atoms with van der Waals surface area (Å²) < 4.78 is 5.58. The van der Waals surface area contributed by atoms with Gasteiger partial charge < -0.3 is 15.2 Å². The van der Waals surface area contributed by atoms with E-state index in [9.17, 15) is 9.90 Å². The van der Waals surface area contributed by atoms with E-state index in [0.717, 1.165) is 12.2 Å². The van der Waals surface area contributed by atoms with Crippen molar-refractivity contribution in [1.82, 2.24) is 5.32 Å². The number of amides is 1. The monoisotopic (exact) mass is 293 g/mol. The van der Waals surface area contributed by atoms with Gasteiger partial charge in [0.15, 0.2) is 0 Å². The Morgan fingerprint density at radius 2 is 1.95 bits per heavy atom. The Morgan fingerprint density at radius 3 is 2.48 bits per heavy atom. The minimum Gasteiger partial charge on any atom is -0.493 e. The van der Waals surface area contributed by atoms with Crippen molar-refractivity contribution in [2.75, 3.05) is 13.2 Å². The Hall–Kier alpha value is -1.55. The van der Waals surface area contributed by atoms with Gasteiger partial charge in [-0.15, -0.1) is 0 Å². The van der Waals surface area contributed by atoms with Crippen LogP contribution in [0.3, 0.4) is 0 Å². The van der Waals surface area contributed by atoms with E-state index in [4.69, 9.17) is 4.74 Å². The molecular weight excluding hydrogens is 266 g/mol. The van der Waals surface area contributed by atoms with Crippen molar-refractivity contribution in [3.63, 3.8) is 0 Å². The zero-order chi connectivity index (χ0) is 15.9. The average Bonchev–Trinajstić information content (AvgIpc) is 2.43. The third kappa shape index (κ3) is 6.63. The van der Waals surface area contributed by atoms with Crippen molar-refractivity contribution in [3.05, 3.63) is 29.8 Å². The fraction of sp³-hybridized carbons (Fsp3) is 0.588. The molecule has 2 N–H and O–H groups in total. The molecule has 0 aromatic heterocycles. The van der Waals surface area contributed by atoms with Gasteiger partial charge in [0.1, 0.15) is 5.75 Å². The maximum Gasteiger partial charge on any atom is 0.251 e. The van der Waals surface area contributed by atoms with E-state index < -0.39 is 5.60 Å². The number of hydrogen-bond acceptors (Lipinski definition) is 3. The van der Waals surface area contributed by atoms with Crippen molar-refractivity contribution in [2.45, 2.75) is 46.1 Å². The summed E-state index contributed by atoms with van der Waals surface area (Å²) in [6.45, 7) is 8.83. The predicted octanol–water partition coefficient (Wildman–Crippen LogP) is 3.00. The third-order valence-corrected chi connectivity index (χ3v) is 3.12. The fourth-order valence-corrected chi connectivity index (χ4v) is 1.97. The largest absolute Gasteiger partial charge is 0.493 e. The first-order valence-corrected chi connectivity index (χ1v) is 7.57. The number of benzene rings is 1. The molecule has 0 radical (unpaired) electrons.